The minimum atomic E-state index is 0.531. The van der Waals surface area contributed by atoms with E-state index < -0.39 is 0 Å². The highest BCUT2D eigenvalue weighted by molar-refractivity contribution is 8.00. The van der Waals surface area contributed by atoms with Crippen LogP contribution in [-0.4, -0.2) is 33.2 Å². The summed E-state index contributed by atoms with van der Waals surface area (Å²) in [4.78, 5) is 7.41. The first-order chi connectivity index (χ1) is 14.7. The molecule has 1 aliphatic heterocycles. The molecule has 7 heteroatoms. The van der Waals surface area contributed by atoms with E-state index in [-0.39, 0.29) is 0 Å². The summed E-state index contributed by atoms with van der Waals surface area (Å²) in [5, 5.41) is 9.81. The van der Waals surface area contributed by atoms with Gasteiger partial charge in [-0.05, 0) is 31.9 Å². The molecule has 1 aromatic carbocycles. The summed E-state index contributed by atoms with van der Waals surface area (Å²) in [5.41, 5.74) is 3.39. The number of rotatable bonds is 6. The fourth-order valence-corrected chi connectivity index (χ4v) is 6.57. The summed E-state index contributed by atoms with van der Waals surface area (Å²) in [6.07, 6.45) is 8.74. The van der Waals surface area contributed by atoms with E-state index in [1.165, 1.54) is 52.4 Å². The molecular formula is C23H28N4OS2. The van der Waals surface area contributed by atoms with E-state index in [4.69, 9.17) is 9.72 Å². The van der Waals surface area contributed by atoms with Gasteiger partial charge in [-0.2, -0.15) is 5.10 Å². The van der Waals surface area contributed by atoms with Crippen LogP contribution in [0, 0.1) is 6.92 Å². The SMILES string of the molecule is Cc1cc(Nc2ccc(-c3cnc(C4CCCCC4)s3)c(SC3COC3)c2)n(C)n1. The van der Waals surface area contributed by atoms with Crippen LogP contribution in [0.1, 0.15) is 48.7 Å². The minimum Gasteiger partial charge on any atom is -0.379 e. The number of thioether (sulfide) groups is 1. The van der Waals surface area contributed by atoms with Crippen molar-refractivity contribution in [2.45, 2.75) is 55.1 Å². The fraction of sp³-hybridized carbons (Fsp3) is 0.478. The Kier molecular flexibility index (Phi) is 5.85. The first-order valence-corrected chi connectivity index (χ1v) is 12.5. The van der Waals surface area contributed by atoms with E-state index >= 15 is 0 Å². The van der Waals surface area contributed by atoms with Gasteiger partial charge in [-0.25, -0.2) is 4.98 Å². The molecule has 2 fully saturated rings. The predicted octanol–water partition coefficient (Wildman–Crippen LogP) is 6.13. The third kappa shape index (κ3) is 4.29. The molecule has 1 aliphatic carbocycles. The van der Waals surface area contributed by atoms with Crippen molar-refractivity contribution in [1.29, 1.82) is 0 Å². The van der Waals surface area contributed by atoms with Crippen LogP contribution in [0.25, 0.3) is 10.4 Å². The summed E-state index contributed by atoms with van der Waals surface area (Å²) in [5.74, 6) is 1.66. The van der Waals surface area contributed by atoms with Crippen molar-refractivity contribution in [3.8, 4) is 10.4 Å². The van der Waals surface area contributed by atoms with Gasteiger partial charge in [0.2, 0.25) is 0 Å². The van der Waals surface area contributed by atoms with E-state index in [0.29, 0.717) is 11.2 Å². The number of nitrogens with one attached hydrogen (secondary N) is 1. The standard InChI is InChI=1S/C23H28N4OS2/c1-15-10-22(27(2)26-15)25-17-8-9-19(20(11-17)29-18-13-28-14-18)21-12-24-23(30-21)16-6-4-3-5-7-16/h8-12,16,18,25H,3-7,13-14H2,1-2H3. The van der Waals surface area contributed by atoms with Gasteiger partial charge >= 0.3 is 0 Å². The molecule has 0 spiro atoms. The Hall–Kier alpha value is -1.83. The highest BCUT2D eigenvalue weighted by Gasteiger charge is 2.23. The van der Waals surface area contributed by atoms with Crippen LogP contribution in [0.4, 0.5) is 11.5 Å². The number of ether oxygens (including phenoxy) is 1. The molecule has 158 valence electrons. The van der Waals surface area contributed by atoms with Crippen LogP contribution in [0.5, 0.6) is 0 Å². The second-order valence-corrected chi connectivity index (χ2v) is 10.7. The number of hydrogen-bond acceptors (Lipinski definition) is 6. The first-order valence-electron chi connectivity index (χ1n) is 10.8. The van der Waals surface area contributed by atoms with Gasteiger partial charge in [0.1, 0.15) is 5.82 Å². The summed E-state index contributed by atoms with van der Waals surface area (Å²) in [7, 11) is 1.97. The Morgan fingerprint density at radius 2 is 2.00 bits per heavy atom. The van der Waals surface area contributed by atoms with Crippen LogP contribution in [0.2, 0.25) is 0 Å². The Morgan fingerprint density at radius 1 is 1.17 bits per heavy atom. The number of hydrogen-bond donors (Lipinski definition) is 1. The molecule has 30 heavy (non-hydrogen) atoms. The monoisotopic (exact) mass is 440 g/mol. The van der Waals surface area contributed by atoms with Gasteiger partial charge in [-0.15, -0.1) is 23.1 Å². The van der Waals surface area contributed by atoms with Crippen molar-refractivity contribution in [2.24, 2.45) is 7.05 Å². The van der Waals surface area contributed by atoms with Crippen LogP contribution in [0.3, 0.4) is 0 Å². The summed E-state index contributed by atoms with van der Waals surface area (Å²) in [6.45, 7) is 3.68. The van der Waals surface area contributed by atoms with Crippen LogP contribution in [-0.2, 0) is 11.8 Å². The van der Waals surface area contributed by atoms with Gasteiger partial charge in [0, 0.05) is 41.4 Å². The Bertz CT molecular complexity index is 1020. The van der Waals surface area contributed by atoms with Crippen LogP contribution in [0.15, 0.2) is 35.4 Å². The maximum absolute atomic E-state index is 5.42. The lowest BCUT2D eigenvalue weighted by Gasteiger charge is -2.26. The number of aromatic nitrogens is 3. The van der Waals surface area contributed by atoms with Crippen LogP contribution < -0.4 is 5.32 Å². The van der Waals surface area contributed by atoms with Crippen LogP contribution >= 0.6 is 23.1 Å². The number of aryl methyl sites for hydroxylation is 2. The predicted molar refractivity (Wildman–Crippen MR) is 125 cm³/mol. The maximum Gasteiger partial charge on any atom is 0.128 e. The Morgan fingerprint density at radius 3 is 2.70 bits per heavy atom. The zero-order chi connectivity index (χ0) is 20.5. The van der Waals surface area contributed by atoms with Gasteiger partial charge in [0.15, 0.2) is 0 Å². The molecule has 1 saturated heterocycles. The van der Waals surface area contributed by atoms with Crippen molar-refractivity contribution in [3.05, 3.63) is 41.2 Å². The number of thiazole rings is 1. The molecule has 0 unspecified atom stereocenters. The molecule has 1 N–H and O–H groups in total. The van der Waals surface area contributed by atoms with E-state index in [9.17, 15) is 0 Å². The average molecular weight is 441 g/mol. The third-order valence-corrected chi connectivity index (χ3v) is 8.29. The molecule has 5 nitrogen and oxygen atoms in total. The normalized spacial score (nSPS) is 17.8. The molecule has 0 radical (unpaired) electrons. The van der Waals surface area contributed by atoms with Gasteiger partial charge in [0.25, 0.3) is 0 Å². The smallest absolute Gasteiger partial charge is 0.128 e. The molecule has 1 saturated carbocycles. The zero-order valence-corrected chi connectivity index (χ0v) is 19.2. The topological polar surface area (TPSA) is 52.0 Å². The van der Waals surface area contributed by atoms with Gasteiger partial charge in [-0.3, -0.25) is 4.68 Å². The number of anilines is 2. The van der Waals surface area contributed by atoms with Crippen molar-refractivity contribution in [1.82, 2.24) is 14.8 Å². The molecule has 0 amide bonds. The molecule has 2 aliphatic rings. The lowest BCUT2D eigenvalue weighted by molar-refractivity contribution is 0.0455. The molecule has 3 heterocycles. The minimum absolute atomic E-state index is 0.531. The molecule has 5 rings (SSSR count). The molecular weight excluding hydrogens is 412 g/mol. The van der Waals surface area contributed by atoms with E-state index in [0.717, 1.165) is 30.4 Å². The quantitative estimate of drug-likeness (QED) is 0.499. The van der Waals surface area contributed by atoms with Crippen molar-refractivity contribution >= 4 is 34.6 Å². The van der Waals surface area contributed by atoms with Gasteiger partial charge in [-0.1, -0.05) is 25.3 Å². The largest absolute Gasteiger partial charge is 0.379 e. The lowest BCUT2D eigenvalue weighted by Crippen LogP contribution is -2.30. The Labute approximate surface area is 186 Å². The van der Waals surface area contributed by atoms with Crippen molar-refractivity contribution in [3.63, 3.8) is 0 Å². The van der Waals surface area contributed by atoms with Gasteiger partial charge in [0.05, 0.1) is 34.0 Å². The second kappa shape index (κ2) is 8.73. The highest BCUT2D eigenvalue weighted by Crippen LogP contribution is 2.42. The van der Waals surface area contributed by atoms with E-state index in [1.54, 1.807) is 0 Å². The summed E-state index contributed by atoms with van der Waals surface area (Å²) < 4.78 is 7.31. The molecule has 3 aromatic rings. The zero-order valence-electron chi connectivity index (χ0n) is 17.6. The number of benzene rings is 1. The maximum atomic E-state index is 5.42. The second-order valence-electron chi connectivity index (χ2n) is 8.31. The Balaban J connectivity index is 1.43. The summed E-state index contributed by atoms with van der Waals surface area (Å²) in [6, 6.07) is 8.74. The molecule has 2 aromatic heterocycles. The average Bonchev–Trinajstić information content (AvgIpc) is 3.32. The molecule has 0 atom stereocenters. The van der Waals surface area contributed by atoms with Crippen molar-refractivity contribution in [2.75, 3.05) is 18.5 Å². The van der Waals surface area contributed by atoms with E-state index in [1.807, 2.05) is 41.8 Å². The van der Waals surface area contributed by atoms with Gasteiger partial charge < -0.3 is 10.1 Å². The van der Waals surface area contributed by atoms with Crippen molar-refractivity contribution < 1.29 is 4.74 Å². The highest BCUT2D eigenvalue weighted by atomic mass is 32.2. The number of nitrogens with zero attached hydrogens (tertiary/aromatic N) is 3. The molecule has 0 bridgehead atoms. The fourth-order valence-electron chi connectivity index (χ4n) is 4.19. The van der Waals surface area contributed by atoms with E-state index in [2.05, 4.69) is 40.9 Å². The third-order valence-electron chi connectivity index (χ3n) is 5.90. The summed E-state index contributed by atoms with van der Waals surface area (Å²) >= 11 is 3.81. The lowest BCUT2D eigenvalue weighted by atomic mass is 9.90. The first kappa shape index (κ1) is 20.1.